The van der Waals surface area contributed by atoms with Crippen molar-refractivity contribution in [3.8, 4) is 0 Å². The van der Waals surface area contributed by atoms with Gasteiger partial charge in [-0.15, -0.1) is 5.10 Å². The SMILES string of the molecule is CCC[C@H](c1nnnn1C1CCCC1)N(Cc1cc2cc(C)c(C)cc2[nH]c1=O)C[C@H]1CCCO1. The second kappa shape index (κ2) is 10.6. The zero-order valence-electron chi connectivity index (χ0n) is 21.3. The molecule has 188 valence electrons. The normalized spacial score (nSPS) is 19.8. The fourth-order valence-corrected chi connectivity index (χ4v) is 5.79. The molecule has 1 saturated carbocycles. The third-order valence-corrected chi connectivity index (χ3v) is 7.86. The van der Waals surface area contributed by atoms with E-state index >= 15 is 0 Å². The Hall–Kier alpha value is -2.58. The molecule has 0 spiro atoms. The van der Waals surface area contributed by atoms with Gasteiger partial charge in [0.1, 0.15) is 0 Å². The molecular weight excluding hydrogens is 440 g/mol. The van der Waals surface area contributed by atoms with Crippen molar-refractivity contribution in [1.29, 1.82) is 0 Å². The number of aryl methyl sites for hydroxylation is 2. The molecule has 1 aliphatic heterocycles. The van der Waals surface area contributed by atoms with Gasteiger partial charge in [-0.1, -0.05) is 26.2 Å². The summed E-state index contributed by atoms with van der Waals surface area (Å²) in [6, 6.07) is 6.70. The summed E-state index contributed by atoms with van der Waals surface area (Å²) in [4.78, 5) is 18.7. The number of H-pyrrole nitrogens is 1. The number of nitrogens with one attached hydrogen (secondary N) is 1. The molecular formula is C27H38N6O2. The lowest BCUT2D eigenvalue weighted by atomic mass is 10.0. The summed E-state index contributed by atoms with van der Waals surface area (Å²) in [6.07, 6.45) is 8.98. The molecule has 2 aromatic heterocycles. The van der Waals surface area contributed by atoms with Gasteiger partial charge < -0.3 is 9.72 Å². The lowest BCUT2D eigenvalue weighted by molar-refractivity contribution is 0.0471. The van der Waals surface area contributed by atoms with E-state index in [4.69, 9.17) is 4.74 Å². The fraction of sp³-hybridized carbons (Fsp3) is 0.630. The first-order valence-corrected chi connectivity index (χ1v) is 13.3. The van der Waals surface area contributed by atoms with Crippen LogP contribution in [0, 0.1) is 13.8 Å². The summed E-state index contributed by atoms with van der Waals surface area (Å²) in [7, 11) is 0. The lowest BCUT2D eigenvalue weighted by Gasteiger charge is -2.33. The minimum Gasteiger partial charge on any atom is -0.377 e. The summed E-state index contributed by atoms with van der Waals surface area (Å²) in [5, 5.41) is 14.1. The maximum atomic E-state index is 13.2. The second-order valence-electron chi connectivity index (χ2n) is 10.4. The third-order valence-electron chi connectivity index (χ3n) is 7.86. The van der Waals surface area contributed by atoms with Crippen LogP contribution in [0.3, 0.4) is 0 Å². The Morgan fingerprint density at radius 3 is 2.69 bits per heavy atom. The number of aromatic amines is 1. The molecule has 5 rings (SSSR count). The van der Waals surface area contributed by atoms with Gasteiger partial charge in [0, 0.05) is 30.8 Å². The van der Waals surface area contributed by atoms with Crippen molar-refractivity contribution in [1.82, 2.24) is 30.1 Å². The Bertz CT molecular complexity index is 1210. The van der Waals surface area contributed by atoms with E-state index in [2.05, 4.69) is 69.1 Å². The van der Waals surface area contributed by atoms with Crippen molar-refractivity contribution < 1.29 is 4.74 Å². The smallest absolute Gasteiger partial charge is 0.252 e. The van der Waals surface area contributed by atoms with Crippen LogP contribution in [0.1, 0.15) is 92.9 Å². The van der Waals surface area contributed by atoms with Gasteiger partial charge in [0.2, 0.25) is 0 Å². The highest BCUT2D eigenvalue weighted by Gasteiger charge is 2.32. The molecule has 0 unspecified atom stereocenters. The van der Waals surface area contributed by atoms with Gasteiger partial charge in [0.25, 0.3) is 5.56 Å². The van der Waals surface area contributed by atoms with Crippen LogP contribution in [0.4, 0.5) is 0 Å². The molecule has 35 heavy (non-hydrogen) atoms. The van der Waals surface area contributed by atoms with E-state index in [-0.39, 0.29) is 17.7 Å². The quantitative estimate of drug-likeness (QED) is 0.477. The number of ether oxygens (including phenoxy) is 1. The highest BCUT2D eigenvalue weighted by atomic mass is 16.5. The van der Waals surface area contributed by atoms with Crippen LogP contribution in [0.5, 0.6) is 0 Å². The molecule has 0 bridgehead atoms. The van der Waals surface area contributed by atoms with Crippen LogP contribution >= 0.6 is 0 Å². The molecule has 1 aromatic carbocycles. The van der Waals surface area contributed by atoms with Crippen molar-refractivity contribution in [3.05, 3.63) is 51.1 Å². The van der Waals surface area contributed by atoms with E-state index in [0.29, 0.717) is 12.6 Å². The van der Waals surface area contributed by atoms with Crippen LogP contribution in [0.25, 0.3) is 10.9 Å². The van der Waals surface area contributed by atoms with Crippen molar-refractivity contribution in [2.45, 2.75) is 96.9 Å². The summed E-state index contributed by atoms with van der Waals surface area (Å²) < 4.78 is 8.12. The van der Waals surface area contributed by atoms with Crippen LogP contribution in [-0.2, 0) is 11.3 Å². The zero-order chi connectivity index (χ0) is 24.4. The molecule has 0 radical (unpaired) electrons. The Morgan fingerprint density at radius 2 is 1.94 bits per heavy atom. The number of rotatable bonds is 9. The van der Waals surface area contributed by atoms with Crippen LogP contribution in [0.2, 0.25) is 0 Å². The number of nitrogens with zero attached hydrogens (tertiary/aromatic N) is 5. The first-order valence-electron chi connectivity index (χ1n) is 13.3. The standard InChI is InChI=1S/C27H38N6O2/c1-4-8-25(26-29-30-31-33(26)22-9-5-6-10-22)32(17-23-11-7-12-35-23)16-21-15-20-13-18(2)19(3)14-24(20)28-27(21)34/h13-15,22-23,25H,4-12,16-17H2,1-3H3,(H,28,34)/t23-,25-/m1/s1. The largest absolute Gasteiger partial charge is 0.377 e. The van der Waals surface area contributed by atoms with E-state index < -0.39 is 0 Å². The van der Waals surface area contributed by atoms with E-state index in [1.807, 2.05) is 0 Å². The van der Waals surface area contributed by atoms with Crippen LogP contribution < -0.4 is 5.56 Å². The molecule has 8 heteroatoms. The van der Waals surface area contributed by atoms with Gasteiger partial charge in [0.05, 0.1) is 18.2 Å². The van der Waals surface area contributed by atoms with E-state index in [0.717, 1.165) is 74.0 Å². The molecule has 0 amide bonds. The Morgan fingerprint density at radius 1 is 1.14 bits per heavy atom. The third kappa shape index (κ3) is 5.19. The molecule has 8 nitrogen and oxygen atoms in total. The van der Waals surface area contributed by atoms with Gasteiger partial charge in [-0.2, -0.15) is 0 Å². The van der Waals surface area contributed by atoms with Crippen LogP contribution in [-0.4, -0.2) is 49.3 Å². The summed E-state index contributed by atoms with van der Waals surface area (Å²) in [6.45, 7) is 8.52. The molecule has 1 aliphatic carbocycles. The maximum absolute atomic E-state index is 13.2. The van der Waals surface area contributed by atoms with Gasteiger partial charge in [-0.25, -0.2) is 4.68 Å². The minimum atomic E-state index is -0.0243. The number of hydrogen-bond acceptors (Lipinski definition) is 6. The molecule has 2 aliphatic rings. The maximum Gasteiger partial charge on any atom is 0.252 e. The molecule has 2 fully saturated rings. The minimum absolute atomic E-state index is 0.0243. The van der Waals surface area contributed by atoms with Gasteiger partial charge in [-0.3, -0.25) is 9.69 Å². The van der Waals surface area contributed by atoms with Crippen molar-refractivity contribution in [3.63, 3.8) is 0 Å². The molecule has 1 N–H and O–H groups in total. The predicted molar refractivity (Wildman–Crippen MR) is 136 cm³/mol. The number of fused-ring (bicyclic) bond motifs is 1. The van der Waals surface area contributed by atoms with Gasteiger partial charge in [-0.05, 0) is 91.1 Å². The van der Waals surface area contributed by atoms with Crippen molar-refractivity contribution >= 4 is 10.9 Å². The second-order valence-corrected chi connectivity index (χ2v) is 10.4. The highest BCUT2D eigenvalue weighted by molar-refractivity contribution is 5.80. The molecule has 1 saturated heterocycles. The Kier molecular flexibility index (Phi) is 7.29. The number of hydrogen-bond donors (Lipinski definition) is 1. The van der Waals surface area contributed by atoms with Gasteiger partial charge >= 0.3 is 0 Å². The molecule has 2 atom stereocenters. The zero-order valence-corrected chi connectivity index (χ0v) is 21.3. The average Bonchev–Trinajstić information content (AvgIpc) is 3.61. The monoisotopic (exact) mass is 478 g/mol. The Labute approximate surface area is 207 Å². The summed E-state index contributed by atoms with van der Waals surface area (Å²) in [5.41, 5.74) is 4.06. The first-order chi connectivity index (χ1) is 17.0. The van der Waals surface area contributed by atoms with Crippen LogP contribution in [0.15, 0.2) is 23.0 Å². The van der Waals surface area contributed by atoms with E-state index in [9.17, 15) is 4.79 Å². The first kappa shape index (κ1) is 24.1. The van der Waals surface area contributed by atoms with E-state index in [1.165, 1.54) is 24.0 Å². The summed E-state index contributed by atoms with van der Waals surface area (Å²) >= 11 is 0. The lowest BCUT2D eigenvalue weighted by Crippen LogP contribution is -2.38. The van der Waals surface area contributed by atoms with Crippen molar-refractivity contribution in [2.75, 3.05) is 13.2 Å². The topological polar surface area (TPSA) is 88.9 Å². The highest BCUT2D eigenvalue weighted by Crippen LogP contribution is 2.34. The molecule has 3 aromatic rings. The average molecular weight is 479 g/mol. The number of aromatic nitrogens is 5. The van der Waals surface area contributed by atoms with E-state index in [1.54, 1.807) is 0 Å². The predicted octanol–water partition coefficient (Wildman–Crippen LogP) is 4.77. The number of benzene rings is 1. The van der Waals surface area contributed by atoms with Crippen molar-refractivity contribution in [2.24, 2.45) is 0 Å². The fourth-order valence-electron chi connectivity index (χ4n) is 5.79. The Balaban J connectivity index is 1.51. The molecule has 3 heterocycles. The number of pyridine rings is 1. The number of tetrazole rings is 1. The van der Waals surface area contributed by atoms with Gasteiger partial charge in [0.15, 0.2) is 5.82 Å². The summed E-state index contributed by atoms with van der Waals surface area (Å²) in [5.74, 6) is 0.931.